The van der Waals surface area contributed by atoms with Crippen molar-refractivity contribution in [2.75, 3.05) is 18.4 Å². The van der Waals surface area contributed by atoms with Crippen LogP contribution in [0.5, 0.6) is 0 Å². The van der Waals surface area contributed by atoms with Crippen LogP contribution >= 0.6 is 0 Å². The number of hydrogen-bond donors (Lipinski definition) is 1. The molecule has 0 spiro atoms. The monoisotopic (exact) mass is 358 g/mol. The second kappa shape index (κ2) is 7.34. The third-order valence-electron chi connectivity index (χ3n) is 3.97. The van der Waals surface area contributed by atoms with E-state index in [1.54, 1.807) is 23.1 Å². The lowest BCUT2D eigenvalue weighted by Crippen LogP contribution is -2.36. The first-order chi connectivity index (χ1) is 12.5. The van der Waals surface area contributed by atoms with Crippen LogP contribution in [0.15, 0.2) is 41.3 Å². The zero-order valence-corrected chi connectivity index (χ0v) is 14.5. The summed E-state index contributed by atoms with van der Waals surface area (Å²) in [4.78, 5) is 30.5. The fraction of sp³-hybridized carbons (Fsp3) is 0.294. The molecule has 0 aliphatic rings. The van der Waals surface area contributed by atoms with Crippen LogP contribution in [-0.4, -0.2) is 43.1 Å². The SMILES string of the molecule is CCN(CC)C(=O)Cn1nc2nc(Nc3ccc(F)cc3)ccn2c1=O. The molecule has 3 rings (SSSR count). The second-order valence-electron chi connectivity index (χ2n) is 5.62. The Labute approximate surface area is 148 Å². The highest BCUT2D eigenvalue weighted by molar-refractivity contribution is 5.75. The quantitative estimate of drug-likeness (QED) is 0.724. The number of carbonyl (C=O) groups is 1. The summed E-state index contributed by atoms with van der Waals surface area (Å²) < 4.78 is 15.3. The van der Waals surface area contributed by atoms with Crippen molar-refractivity contribution < 1.29 is 9.18 Å². The molecule has 3 aromatic rings. The van der Waals surface area contributed by atoms with Crippen molar-refractivity contribution in [3.05, 3.63) is 52.8 Å². The number of anilines is 2. The molecule has 136 valence electrons. The van der Waals surface area contributed by atoms with Gasteiger partial charge >= 0.3 is 5.69 Å². The lowest BCUT2D eigenvalue weighted by molar-refractivity contribution is -0.131. The van der Waals surface area contributed by atoms with E-state index in [1.165, 1.54) is 22.7 Å². The van der Waals surface area contributed by atoms with E-state index >= 15 is 0 Å². The average Bonchev–Trinajstić information content (AvgIpc) is 2.93. The molecule has 1 amide bonds. The second-order valence-corrected chi connectivity index (χ2v) is 5.62. The van der Waals surface area contributed by atoms with Gasteiger partial charge in [0.05, 0.1) is 0 Å². The van der Waals surface area contributed by atoms with Gasteiger partial charge in [-0.25, -0.2) is 18.3 Å². The molecule has 0 aliphatic carbocycles. The molecule has 2 aromatic heterocycles. The fourth-order valence-electron chi connectivity index (χ4n) is 2.56. The molecule has 0 bridgehead atoms. The number of rotatable bonds is 6. The summed E-state index contributed by atoms with van der Waals surface area (Å²) in [6.45, 7) is 4.76. The zero-order valence-electron chi connectivity index (χ0n) is 14.5. The minimum atomic E-state index is -0.429. The Bertz CT molecular complexity index is 975. The van der Waals surface area contributed by atoms with Gasteiger partial charge in [0.15, 0.2) is 0 Å². The summed E-state index contributed by atoms with van der Waals surface area (Å²) in [5.74, 6) is 0.123. The number of halogens is 1. The van der Waals surface area contributed by atoms with Crippen LogP contribution in [-0.2, 0) is 11.3 Å². The molecule has 0 saturated carbocycles. The molecule has 1 N–H and O–H groups in total. The first-order valence-electron chi connectivity index (χ1n) is 8.28. The van der Waals surface area contributed by atoms with Crippen molar-refractivity contribution in [1.82, 2.24) is 24.1 Å². The Morgan fingerprint density at radius 3 is 2.54 bits per heavy atom. The Kier molecular flexibility index (Phi) is 4.97. The van der Waals surface area contributed by atoms with Crippen molar-refractivity contribution in [2.24, 2.45) is 0 Å². The van der Waals surface area contributed by atoms with Crippen LogP contribution in [0, 0.1) is 5.82 Å². The van der Waals surface area contributed by atoms with Crippen molar-refractivity contribution in [2.45, 2.75) is 20.4 Å². The molecule has 2 heterocycles. The van der Waals surface area contributed by atoms with E-state index in [4.69, 9.17) is 0 Å². The smallest absolute Gasteiger partial charge is 0.342 e. The maximum atomic E-state index is 13.0. The molecule has 26 heavy (non-hydrogen) atoms. The molecule has 8 nitrogen and oxygen atoms in total. The van der Waals surface area contributed by atoms with Gasteiger partial charge < -0.3 is 10.2 Å². The van der Waals surface area contributed by atoms with Gasteiger partial charge in [-0.1, -0.05) is 0 Å². The molecule has 0 radical (unpaired) electrons. The van der Waals surface area contributed by atoms with E-state index < -0.39 is 5.69 Å². The van der Waals surface area contributed by atoms with Crippen LogP contribution in [0.3, 0.4) is 0 Å². The first-order valence-corrected chi connectivity index (χ1v) is 8.28. The molecular weight excluding hydrogens is 339 g/mol. The number of nitrogens with one attached hydrogen (secondary N) is 1. The minimum Gasteiger partial charge on any atom is -0.342 e. The summed E-state index contributed by atoms with van der Waals surface area (Å²) in [5, 5.41) is 7.14. The van der Waals surface area contributed by atoms with Gasteiger partial charge in [0.1, 0.15) is 18.2 Å². The number of fused-ring (bicyclic) bond motifs is 1. The highest BCUT2D eigenvalue weighted by Crippen LogP contribution is 2.14. The van der Waals surface area contributed by atoms with E-state index in [0.29, 0.717) is 24.6 Å². The number of hydrogen-bond acceptors (Lipinski definition) is 5. The van der Waals surface area contributed by atoms with Crippen molar-refractivity contribution in [1.29, 1.82) is 0 Å². The fourth-order valence-corrected chi connectivity index (χ4v) is 2.56. The van der Waals surface area contributed by atoms with E-state index in [-0.39, 0.29) is 24.0 Å². The highest BCUT2D eigenvalue weighted by atomic mass is 19.1. The van der Waals surface area contributed by atoms with Gasteiger partial charge in [-0.3, -0.25) is 4.79 Å². The number of aromatic nitrogens is 4. The predicted molar refractivity (Wildman–Crippen MR) is 94.9 cm³/mol. The van der Waals surface area contributed by atoms with Gasteiger partial charge in [-0.2, -0.15) is 4.98 Å². The number of amides is 1. The summed E-state index contributed by atoms with van der Waals surface area (Å²) in [6.07, 6.45) is 1.53. The van der Waals surface area contributed by atoms with Crippen LogP contribution < -0.4 is 11.0 Å². The van der Waals surface area contributed by atoms with Crippen LogP contribution in [0.1, 0.15) is 13.8 Å². The molecule has 0 saturated heterocycles. The van der Waals surface area contributed by atoms with E-state index in [9.17, 15) is 14.0 Å². The van der Waals surface area contributed by atoms with Gasteiger partial charge in [0.25, 0.3) is 5.78 Å². The maximum Gasteiger partial charge on any atom is 0.352 e. The zero-order chi connectivity index (χ0) is 18.7. The number of carbonyl (C=O) groups excluding carboxylic acids is 1. The standard InChI is InChI=1S/C17H19FN6O2/c1-3-22(4-2)15(25)11-24-17(26)23-10-9-14(20-16(23)21-24)19-13-7-5-12(18)6-8-13/h5-10H,3-4,11H2,1-2H3,(H,19,20,21). The van der Waals surface area contributed by atoms with Crippen molar-refractivity contribution in [3.63, 3.8) is 0 Å². The molecular formula is C17H19FN6O2. The van der Waals surface area contributed by atoms with Crippen molar-refractivity contribution >= 4 is 23.2 Å². The number of benzene rings is 1. The molecule has 1 aromatic carbocycles. The van der Waals surface area contributed by atoms with E-state index in [0.717, 1.165) is 4.68 Å². The molecule has 0 unspecified atom stereocenters. The predicted octanol–water partition coefficient (Wildman–Crippen LogP) is 1.64. The largest absolute Gasteiger partial charge is 0.352 e. The van der Waals surface area contributed by atoms with E-state index in [2.05, 4.69) is 15.4 Å². The summed E-state index contributed by atoms with van der Waals surface area (Å²) in [6, 6.07) is 7.43. The number of likely N-dealkylation sites (N-methyl/N-ethyl adjacent to an activating group) is 1. The first kappa shape index (κ1) is 17.6. The average molecular weight is 358 g/mol. The molecule has 0 atom stereocenters. The Morgan fingerprint density at radius 2 is 1.88 bits per heavy atom. The van der Waals surface area contributed by atoms with Crippen LogP contribution in [0.25, 0.3) is 5.78 Å². The summed E-state index contributed by atoms with van der Waals surface area (Å²) in [5.41, 5.74) is 0.225. The van der Waals surface area contributed by atoms with Crippen LogP contribution in [0.4, 0.5) is 15.9 Å². The lowest BCUT2D eigenvalue weighted by Gasteiger charge is -2.17. The lowest BCUT2D eigenvalue weighted by atomic mass is 10.3. The minimum absolute atomic E-state index is 0.134. The summed E-state index contributed by atoms with van der Waals surface area (Å²) in [7, 11) is 0. The third kappa shape index (κ3) is 3.56. The molecule has 0 aliphatic heterocycles. The van der Waals surface area contributed by atoms with Gasteiger partial charge in [-0.05, 0) is 44.2 Å². The molecule has 0 fully saturated rings. The van der Waals surface area contributed by atoms with Gasteiger partial charge in [0.2, 0.25) is 5.91 Å². The number of nitrogens with zero attached hydrogens (tertiary/aromatic N) is 5. The van der Waals surface area contributed by atoms with Gasteiger partial charge in [0, 0.05) is 25.0 Å². The Balaban J connectivity index is 1.85. The maximum absolute atomic E-state index is 13.0. The highest BCUT2D eigenvalue weighted by Gasteiger charge is 2.15. The third-order valence-corrected chi connectivity index (χ3v) is 3.97. The topological polar surface area (TPSA) is 84.5 Å². The Hall–Kier alpha value is -3.23. The van der Waals surface area contributed by atoms with Crippen molar-refractivity contribution in [3.8, 4) is 0 Å². The van der Waals surface area contributed by atoms with E-state index in [1.807, 2.05) is 13.8 Å². The van der Waals surface area contributed by atoms with Gasteiger partial charge in [-0.15, -0.1) is 5.10 Å². The molecule has 9 heteroatoms. The Morgan fingerprint density at radius 1 is 1.19 bits per heavy atom. The normalized spacial score (nSPS) is 10.9. The van der Waals surface area contributed by atoms with Crippen LogP contribution in [0.2, 0.25) is 0 Å². The summed E-state index contributed by atoms with van der Waals surface area (Å²) >= 11 is 0.